The lowest BCUT2D eigenvalue weighted by atomic mass is 9.83. The predicted molar refractivity (Wildman–Crippen MR) is 150 cm³/mol. The van der Waals surface area contributed by atoms with E-state index in [1.54, 1.807) is 4.90 Å². The van der Waals surface area contributed by atoms with Gasteiger partial charge in [-0.2, -0.15) is 0 Å². The number of nitrogens with one attached hydrogen (secondary N) is 2. The van der Waals surface area contributed by atoms with Crippen LogP contribution in [0.3, 0.4) is 0 Å². The molecule has 3 rings (SSSR count). The van der Waals surface area contributed by atoms with Gasteiger partial charge in [-0.05, 0) is 49.8 Å². The number of unbranched alkanes of at least 4 members (excludes halogenated alkanes) is 1. The predicted octanol–water partition coefficient (Wildman–Crippen LogP) is 5.32. The number of carbonyl (C=O) groups excluding carboxylic acids is 2. The number of likely N-dealkylation sites (N-methyl/N-ethyl adjacent to an activating group) is 1. The molecule has 0 spiro atoms. The minimum Gasteiger partial charge on any atom is -0.393 e. The van der Waals surface area contributed by atoms with Crippen molar-refractivity contribution in [2.24, 2.45) is 0 Å². The van der Waals surface area contributed by atoms with E-state index in [1.165, 1.54) is 0 Å². The molecule has 2 unspecified atom stereocenters. The Morgan fingerprint density at radius 3 is 2.43 bits per heavy atom. The number of para-hydroxylation sites is 1. The summed E-state index contributed by atoms with van der Waals surface area (Å²) >= 11 is 0. The van der Waals surface area contributed by atoms with E-state index in [1.807, 2.05) is 75.5 Å². The highest BCUT2D eigenvalue weighted by Crippen LogP contribution is 2.27. The normalized spacial score (nSPS) is 13.8. The van der Waals surface area contributed by atoms with Gasteiger partial charge in [0.2, 0.25) is 11.8 Å². The molecule has 37 heavy (non-hydrogen) atoms. The molecule has 2 aromatic carbocycles. The van der Waals surface area contributed by atoms with E-state index >= 15 is 0 Å². The van der Waals surface area contributed by atoms with Crippen molar-refractivity contribution in [2.45, 2.75) is 83.8 Å². The van der Waals surface area contributed by atoms with Crippen LogP contribution in [-0.2, 0) is 22.4 Å². The van der Waals surface area contributed by atoms with Crippen molar-refractivity contribution in [2.75, 3.05) is 13.6 Å². The van der Waals surface area contributed by atoms with E-state index in [9.17, 15) is 14.7 Å². The Labute approximate surface area is 221 Å². The minimum atomic E-state index is -1.14. The first-order chi connectivity index (χ1) is 17.8. The molecule has 0 radical (unpaired) electrons. The third kappa shape index (κ3) is 7.45. The van der Waals surface area contributed by atoms with Gasteiger partial charge >= 0.3 is 0 Å². The van der Waals surface area contributed by atoms with E-state index in [-0.39, 0.29) is 18.2 Å². The Bertz CT molecular complexity index is 1160. The van der Waals surface area contributed by atoms with E-state index in [2.05, 4.69) is 17.2 Å². The standard InChI is InChI=1S/C31H43N3O3/c1-5-7-20-34(4)30(37)31(19-18-25(35)13-6-2,22-24-14-9-8-10-15-24)33-29(36)21-27-23(3)32-28-17-12-11-16-26(27)28/h8-12,14-17,25,32,35H,5-7,13,18-22H2,1-4H3,(H,33,36). The zero-order chi connectivity index (χ0) is 26.8. The number of amides is 2. The van der Waals surface area contributed by atoms with Crippen molar-refractivity contribution >= 4 is 22.7 Å². The Morgan fingerprint density at radius 2 is 1.73 bits per heavy atom. The molecule has 0 fully saturated rings. The fraction of sp³-hybridized carbons (Fsp3) is 0.484. The summed E-state index contributed by atoms with van der Waals surface area (Å²) in [7, 11) is 1.82. The number of rotatable bonds is 14. The van der Waals surface area contributed by atoms with Crippen LogP contribution in [0.2, 0.25) is 0 Å². The highest BCUT2D eigenvalue weighted by Gasteiger charge is 2.42. The number of fused-ring (bicyclic) bond motifs is 1. The van der Waals surface area contributed by atoms with E-state index in [0.29, 0.717) is 32.2 Å². The number of benzene rings is 2. The summed E-state index contributed by atoms with van der Waals surface area (Å²) in [6.07, 6.45) is 4.26. The van der Waals surface area contributed by atoms with Crippen LogP contribution in [0.4, 0.5) is 0 Å². The zero-order valence-electron chi connectivity index (χ0n) is 22.8. The highest BCUT2D eigenvalue weighted by atomic mass is 16.3. The number of aromatic amines is 1. The molecule has 6 nitrogen and oxygen atoms in total. The Balaban J connectivity index is 1.96. The number of aryl methyl sites for hydroxylation is 1. The molecule has 3 N–H and O–H groups in total. The summed E-state index contributed by atoms with van der Waals surface area (Å²) in [4.78, 5) is 32.9. The summed E-state index contributed by atoms with van der Waals surface area (Å²) in [5.41, 5.74) is 2.73. The molecule has 0 aliphatic rings. The average molecular weight is 506 g/mol. The van der Waals surface area contributed by atoms with Crippen molar-refractivity contribution < 1.29 is 14.7 Å². The largest absolute Gasteiger partial charge is 0.393 e. The first kappa shape index (κ1) is 28.5. The van der Waals surface area contributed by atoms with Crippen LogP contribution < -0.4 is 5.32 Å². The zero-order valence-corrected chi connectivity index (χ0v) is 22.8. The number of hydrogen-bond acceptors (Lipinski definition) is 3. The van der Waals surface area contributed by atoms with Crippen LogP contribution in [0, 0.1) is 6.92 Å². The molecule has 2 atom stereocenters. The van der Waals surface area contributed by atoms with Crippen molar-refractivity contribution in [3.05, 3.63) is 71.4 Å². The monoisotopic (exact) mass is 505 g/mol. The lowest BCUT2D eigenvalue weighted by Crippen LogP contribution is -2.61. The molecular weight excluding hydrogens is 462 g/mol. The second-order valence-corrected chi connectivity index (χ2v) is 10.3. The Hall–Kier alpha value is -3.12. The number of aromatic nitrogens is 1. The van der Waals surface area contributed by atoms with Gasteiger partial charge in [0, 0.05) is 36.6 Å². The third-order valence-corrected chi connectivity index (χ3v) is 7.22. The van der Waals surface area contributed by atoms with E-state index in [0.717, 1.165) is 47.0 Å². The topological polar surface area (TPSA) is 85.4 Å². The Kier molecular flexibility index (Phi) is 10.3. The minimum absolute atomic E-state index is 0.0995. The maximum atomic E-state index is 14.1. The fourth-order valence-corrected chi connectivity index (χ4v) is 5.16. The van der Waals surface area contributed by atoms with Gasteiger partial charge in [-0.25, -0.2) is 0 Å². The van der Waals surface area contributed by atoms with Crippen molar-refractivity contribution in [1.82, 2.24) is 15.2 Å². The maximum Gasteiger partial charge on any atom is 0.248 e. The smallest absolute Gasteiger partial charge is 0.248 e. The van der Waals surface area contributed by atoms with Crippen molar-refractivity contribution in [3.8, 4) is 0 Å². The SMILES string of the molecule is CCCCN(C)C(=O)C(CCC(O)CCC)(Cc1ccccc1)NC(=O)Cc1c(C)[nH]c2ccccc12. The molecule has 1 aromatic heterocycles. The molecule has 200 valence electrons. The van der Waals surface area contributed by atoms with Gasteiger partial charge in [0.25, 0.3) is 0 Å². The van der Waals surface area contributed by atoms with Crippen LogP contribution in [0.25, 0.3) is 10.9 Å². The van der Waals surface area contributed by atoms with Crippen molar-refractivity contribution in [1.29, 1.82) is 0 Å². The summed E-state index contributed by atoms with van der Waals surface area (Å²) in [5, 5.41) is 14.8. The quantitative estimate of drug-likeness (QED) is 0.277. The molecule has 0 bridgehead atoms. The summed E-state index contributed by atoms with van der Waals surface area (Å²) in [5.74, 6) is -0.288. The lowest BCUT2D eigenvalue weighted by Gasteiger charge is -2.38. The van der Waals surface area contributed by atoms with Gasteiger partial charge in [0.15, 0.2) is 0 Å². The molecule has 0 saturated carbocycles. The number of aliphatic hydroxyl groups excluding tert-OH is 1. The summed E-state index contributed by atoms with van der Waals surface area (Å²) in [6.45, 7) is 6.74. The molecule has 1 heterocycles. The number of H-pyrrole nitrogens is 1. The molecule has 0 aliphatic carbocycles. The van der Waals surface area contributed by atoms with E-state index < -0.39 is 11.6 Å². The number of nitrogens with zero attached hydrogens (tertiary/aromatic N) is 1. The van der Waals surface area contributed by atoms with Crippen LogP contribution in [-0.4, -0.2) is 52.0 Å². The highest BCUT2D eigenvalue weighted by molar-refractivity contribution is 5.94. The average Bonchev–Trinajstić information content (AvgIpc) is 3.20. The lowest BCUT2D eigenvalue weighted by molar-refractivity contribution is -0.141. The second-order valence-electron chi connectivity index (χ2n) is 10.3. The van der Waals surface area contributed by atoms with Gasteiger partial charge in [-0.3, -0.25) is 9.59 Å². The van der Waals surface area contributed by atoms with Gasteiger partial charge in [0.1, 0.15) is 5.54 Å². The molecule has 6 heteroatoms. The number of aliphatic hydroxyl groups is 1. The van der Waals surface area contributed by atoms with Crippen LogP contribution in [0.15, 0.2) is 54.6 Å². The molecule has 0 saturated heterocycles. The first-order valence-corrected chi connectivity index (χ1v) is 13.6. The molecule has 2 amide bonds. The summed E-state index contributed by atoms with van der Waals surface area (Å²) in [6, 6.07) is 17.8. The number of carbonyl (C=O) groups is 2. The molecule has 0 aliphatic heterocycles. The Morgan fingerprint density at radius 1 is 1.03 bits per heavy atom. The van der Waals surface area contributed by atoms with Crippen LogP contribution >= 0.6 is 0 Å². The van der Waals surface area contributed by atoms with Crippen LogP contribution in [0.5, 0.6) is 0 Å². The first-order valence-electron chi connectivity index (χ1n) is 13.6. The van der Waals surface area contributed by atoms with Gasteiger partial charge in [-0.1, -0.05) is 75.2 Å². The van der Waals surface area contributed by atoms with Gasteiger partial charge in [0.05, 0.1) is 12.5 Å². The molecule has 3 aromatic rings. The van der Waals surface area contributed by atoms with Gasteiger partial charge < -0.3 is 20.3 Å². The maximum absolute atomic E-state index is 14.1. The van der Waals surface area contributed by atoms with Gasteiger partial charge in [-0.15, -0.1) is 0 Å². The van der Waals surface area contributed by atoms with Crippen LogP contribution in [0.1, 0.15) is 69.2 Å². The second kappa shape index (κ2) is 13.4. The fourth-order valence-electron chi connectivity index (χ4n) is 5.16. The van der Waals surface area contributed by atoms with Crippen molar-refractivity contribution in [3.63, 3.8) is 0 Å². The third-order valence-electron chi connectivity index (χ3n) is 7.22. The van der Waals surface area contributed by atoms with E-state index in [4.69, 9.17) is 0 Å². The summed E-state index contributed by atoms with van der Waals surface area (Å²) < 4.78 is 0. The number of hydrogen-bond donors (Lipinski definition) is 3. The molecular formula is C31H43N3O3.